The first kappa shape index (κ1) is 16.0. The van der Waals surface area contributed by atoms with Gasteiger partial charge < -0.3 is 9.47 Å². The molecule has 0 amide bonds. The van der Waals surface area contributed by atoms with E-state index in [2.05, 4.69) is 32.4 Å². The van der Waals surface area contributed by atoms with Crippen LogP contribution in [0.3, 0.4) is 0 Å². The Balaban J connectivity index is 3.68. The first-order valence-corrected chi connectivity index (χ1v) is 5.50. The Kier molecular flexibility index (Phi) is 8.09. The van der Waals surface area contributed by atoms with E-state index in [4.69, 9.17) is 0 Å². The molecule has 0 aliphatic carbocycles. The van der Waals surface area contributed by atoms with Crippen molar-refractivity contribution >= 4 is 12.3 Å². The van der Waals surface area contributed by atoms with E-state index in [1.165, 1.54) is 0 Å². The summed E-state index contributed by atoms with van der Waals surface area (Å²) < 4.78 is 9.16. The van der Waals surface area contributed by atoms with Gasteiger partial charge in [-0.05, 0) is 24.0 Å². The lowest BCUT2D eigenvalue weighted by Gasteiger charge is -2.06. The van der Waals surface area contributed by atoms with E-state index in [0.717, 1.165) is 0 Å². The molecule has 102 valence electrons. The molecule has 0 atom stereocenters. The molecular weight excluding hydrogens is 240 g/mol. The maximum absolute atomic E-state index is 10.9. The number of hydrogen-bond acceptors (Lipinski definition) is 6. The Hall–Kier alpha value is -1.98. The van der Waals surface area contributed by atoms with Gasteiger partial charge >= 0.3 is 12.3 Å². The van der Waals surface area contributed by atoms with Crippen molar-refractivity contribution in [3.05, 3.63) is 24.3 Å². The van der Waals surface area contributed by atoms with Crippen LogP contribution in [0.1, 0.15) is 26.7 Å². The zero-order valence-corrected chi connectivity index (χ0v) is 10.7. The van der Waals surface area contributed by atoms with Crippen LogP contribution < -0.4 is 0 Å². The highest BCUT2D eigenvalue weighted by molar-refractivity contribution is 5.63. The summed E-state index contributed by atoms with van der Waals surface area (Å²) in [6.07, 6.45) is -0.906. The van der Waals surface area contributed by atoms with Crippen LogP contribution >= 0.6 is 0 Å². The summed E-state index contributed by atoms with van der Waals surface area (Å²) in [4.78, 5) is 30.0. The summed E-state index contributed by atoms with van der Waals surface area (Å²) in [6, 6.07) is 0. The van der Waals surface area contributed by atoms with Crippen molar-refractivity contribution in [2.45, 2.75) is 26.7 Å². The molecule has 0 aromatic heterocycles. The van der Waals surface area contributed by atoms with E-state index >= 15 is 0 Å². The highest BCUT2D eigenvalue weighted by Gasteiger charge is 2.12. The van der Waals surface area contributed by atoms with E-state index in [0.29, 0.717) is 24.0 Å². The van der Waals surface area contributed by atoms with Gasteiger partial charge in [0.05, 0.1) is 0 Å². The van der Waals surface area contributed by atoms with Crippen molar-refractivity contribution in [2.24, 2.45) is 0 Å². The molecule has 0 heterocycles. The van der Waals surface area contributed by atoms with E-state index in [1.807, 2.05) is 13.8 Å². The summed E-state index contributed by atoms with van der Waals surface area (Å²) in [7, 11) is 0. The predicted molar refractivity (Wildman–Crippen MR) is 63.7 cm³/mol. The summed E-state index contributed by atoms with van der Waals surface area (Å²) in [6.45, 7) is 11.0. The third-order valence-corrected chi connectivity index (χ3v) is 1.97. The number of carbonyl (C=O) groups is 2. The van der Waals surface area contributed by atoms with E-state index < -0.39 is 12.3 Å². The van der Waals surface area contributed by atoms with E-state index in [-0.39, 0.29) is 13.2 Å². The minimum Gasteiger partial charge on any atom is -0.427 e. The molecular formula is C12H18O6. The van der Waals surface area contributed by atoms with Crippen LogP contribution in [0.25, 0.3) is 0 Å². The monoisotopic (exact) mass is 258 g/mol. The number of rotatable bonds is 6. The lowest BCUT2D eigenvalue weighted by Crippen LogP contribution is -2.15. The predicted octanol–water partition coefficient (Wildman–Crippen LogP) is 3.14. The van der Waals surface area contributed by atoms with Crippen molar-refractivity contribution in [2.75, 3.05) is 13.2 Å². The van der Waals surface area contributed by atoms with Crippen molar-refractivity contribution in [1.29, 1.82) is 0 Å². The fourth-order valence-electron chi connectivity index (χ4n) is 0.642. The van der Waals surface area contributed by atoms with Gasteiger partial charge in [-0.25, -0.2) is 0 Å². The van der Waals surface area contributed by atoms with Crippen LogP contribution in [0.4, 0.5) is 9.59 Å². The van der Waals surface area contributed by atoms with Crippen molar-refractivity contribution in [1.82, 2.24) is 0 Å². The first-order chi connectivity index (χ1) is 8.49. The van der Waals surface area contributed by atoms with Gasteiger partial charge in [-0.2, -0.15) is 19.4 Å². The van der Waals surface area contributed by atoms with Gasteiger partial charge in [-0.15, -0.1) is 0 Å². The average molecular weight is 258 g/mol. The third kappa shape index (κ3) is 8.20. The van der Waals surface area contributed by atoms with Gasteiger partial charge in [0.25, 0.3) is 0 Å². The molecule has 0 aliphatic heterocycles. The van der Waals surface area contributed by atoms with Gasteiger partial charge in [0.1, 0.15) is 13.2 Å². The summed E-state index contributed by atoms with van der Waals surface area (Å²) in [5, 5.41) is 0. The smallest absolute Gasteiger partial charge is 0.427 e. The third-order valence-electron chi connectivity index (χ3n) is 1.97. The van der Waals surface area contributed by atoms with Crippen LogP contribution in [0, 0.1) is 0 Å². The van der Waals surface area contributed by atoms with Crippen LogP contribution in [-0.4, -0.2) is 25.5 Å². The molecule has 0 N–H and O–H groups in total. The SMILES string of the molecule is C=C(CC)COC(=O)OOC(=O)OCC(=C)CC. The molecule has 0 fully saturated rings. The molecule has 18 heavy (non-hydrogen) atoms. The minimum atomic E-state index is -1.13. The van der Waals surface area contributed by atoms with Gasteiger partial charge in [-0.3, -0.25) is 0 Å². The van der Waals surface area contributed by atoms with Crippen molar-refractivity contribution in [3.63, 3.8) is 0 Å². The fourth-order valence-corrected chi connectivity index (χ4v) is 0.642. The topological polar surface area (TPSA) is 71.1 Å². The maximum atomic E-state index is 10.9. The summed E-state index contributed by atoms with van der Waals surface area (Å²) >= 11 is 0. The zero-order valence-electron chi connectivity index (χ0n) is 10.7. The van der Waals surface area contributed by atoms with Crippen LogP contribution in [0.15, 0.2) is 24.3 Å². The van der Waals surface area contributed by atoms with Gasteiger partial charge in [0, 0.05) is 0 Å². The van der Waals surface area contributed by atoms with Crippen LogP contribution in [0.5, 0.6) is 0 Å². The molecule has 0 unspecified atom stereocenters. The Bertz CT molecular complexity index is 289. The zero-order chi connectivity index (χ0) is 14.0. The second kappa shape index (κ2) is 9.09. The quantitative estimate of drug-likeness (QED) is 0.315. The lowest BCUT2D eigenvalue weighted by atomic mass is 10.3. The molecule has 0 aromatic carbocycles. The standard InChI is InChI=1S/C12H18O6/c1-5-9(3)7-15-11(13)17-18-12(14)16-8-10(4)6-2/h3-8H2,1-2H3. The molecule has 0 radical (unpaired) electrons. The Morgan fingerprint density at radius 2 is 1.17 bits per heavy atom. The Labute approximate surface area is 106 Å². The minimum absolute atomic E-state index is 0.0143. The number of hydrogen-bond donors (Lipinski definition) is 0. The van der Waals surface area contributed by atoms with E-state index in [1.54, 1.807) is 0 Å². The molecule has 0 bridgehead atoms. The van der Waals surface area contributed by atoms with Gasteiger partial charge in [-0.1, -0.05) is 27.0 Å². The number of carbonyl (C=O) groups excluding carboxylic acids is 2. The largest absolute Gasteiger partial charge is 0.550 e. The molecule has 0 saturated heterocycles. The first-order valence-electron chi connectivity index (χ1n) is 5.50. The van der Waals surface area contributed by atoms with Gasteiger partial charge in [0.2, 0.25) is 0 Å². The Morgan fingerprint density at radius 1 is 0.833 bits per heavy atom. The lowest BCUT2D eigenvalue weighted by molar-refractivity contribution is -0.216. The highest BCUT2D eigenvalue weighted by Crippen LogP contribution is 2.01. The molecule has 6 heteroatoms. The molecule has 0 spiro atoms. The van der Waals surface area contributed by atoms with Crippen LogP contribution in [0.2, 0.25) is 0 Å². The average Bonchev–Trinajstić information content (AvgIpc) is 2.39. The second-order valence-corrected chi connectivity index (χ2v) is 3.45. The highest BCUT2D eigenvalue weighted by atomic mass is 17.3. The van der Waals surface area contributed by atoms with Crippen LogP contribution in [-0.2, 0) is 19.2 Å². The van der Waals surface area contributed by atoms with Crippen molar-refractivity contribution in [3.8, 4) is 0 Å². The number of ether oxygens (including phenoxy) is 2. The fraction of sp³-hybridized carbons (Fsp3) is 0.500. The summed E-state index contributed by atoms with van der Waals surface area (Å²) in [5.74, 6) is 0. The molecule has 0 aromatic rings. The maximum Gasteiger partial charge on any atom is 0.550 e. The molecule has 0 saturated carbocycles. The molecule has 0 rings (SSSR count). The second-order valence-electron chi connectivity index (χ2n) is 3.45. The van der Waals surface area contributed by atoms with Crippen molar-refractivity contribution < 1.29 is 28.8 Å². The normalized spacial score (nSPS) is 9.22. The van der Waals surface area contributed by atoms with Gasteiger partial charge in [0.15, 0.2) is 0 Å². The van der Waals surface area contributed by atoms with E-state index in [9.17, 15) is 9.59 Å². The summed E-state index contributed by atoms with van der Waals surface area (Å²) in [5.41, 5.74) is 1.43. The Morgan fingerprint density at radius 3 is 1.44 bits per heavy atom. The molecule has 6 nitrogen and oxygen atoms in total. The molecule has 0 aliphatic rings.